The predicted octanol–water partition coefficient (Wildman–Crippen LogP) is 1.03. The Balaban J connectivity index is 2.19. The van der Waals surface area contributed by atoms with Gasteiger partial charge in [0, 0.05) is 32.2 Å². The number of sulfonamides is 1. The van der Waals surface area contributed by atoms with Crippen LogP contribution in [-0.2, 0) is 16.6 Å². The summed E-state index contributed by atoms with van der Waals surface area (Å²) in [6.45, 7) is 5.84. The maximum Gasteiger partial charge on any atom is 0.246 e. The summed E-state index contributed by atoms with van der Waals surface area (Å²) in [6.07, 6.45) is 0. The van der Waals surface area contributed by atoms with Crippen molar-refractivity contribution < 1.29 is 17.9 Å². The van der Waals surface area contributed by atoms with Gasteiger partial charge in [-0.3, -0.25) is 4.90 Å². The van der Waals surface area contributed by atoms with Crippen LogP contribution in [0, 0.1) is 5.82 Å². The van der Waals surface area contributed by atoms with Gasteiger partial charge in [-0.15, -0.1) is 0 Å². The van der Waals surface area contributed by atoms with Gasteiger partial charge in [-0.1, -0.05) is 6.07 Å². The third-order valence-electron chi connectivity index (χ3n) is 3.80. The highest BCUT2D eigenvalue weighted by molar-refractivity contribution is 7.89. The summed E-state index contributed by atoms with van der Waals surface area (Å²) >= 11 is 0. The molecule has 5 nitrogen and oxygen atoms in total. The van der Waals surface area contributed by atoms with E-state index < -0.39 is 15.8 Å². The number of benzene rings is 1. The first-order valence-electron chi connectivity index (χ1n) is 6.99. The first-order chi connectivity index (χ1) is 9.86. The predicted molar refractivity (Wildman–Crippen MR) is 77.8 cm³/mol. The highest BCUT2D eigenvalue weighted by atomic mass is 32.2. The Morgan fingerprint density at radius 3 is 2.33 bits per heavy atom. The molecule has 0 unspecified atom stereocenters. The molecule has 0 atom stereocenters. The van der Waals surface area contributed by atoms with E-state index in [2.05, 4.69) is 18.7 Å². The highest BCUT2D eigenvalue weighted by Gasteiger charge is 2.31. The molecule has 2 rings (SSSR count). The topological polar surface area (TPSA) is 60.9 Å². The average Bonchev–Trinajstić information content (AvgIpc) is 2.46. The van der Waals surface area contributed by atoms with Crippen LogP contribution in [0.2, 0.25) is 0 Å². The number of halogens is 1. The van der Waals surface area contributed by atoms with Gasteiger partial charge in [-0.25, -0.2) is 12.8 Å². The number of aliphatic hydroxyl groups is 1. The molecule has 1 fully saturated rings. The molecular weight excluding hydrogens is 295 g/mol. The standard InChI is InChI=1S/C14H21FN2O3S/c1-11(2)16-5-7-17(8-6-16)21(19,20)14-4-3-12(10-18)9-13(14)15/h3-4,9,11,18H,5-8,10H2,1-2H3. The van der Waals surface area contributed by atoms with E-state index in [9.17, 15) is 12.8 Å². The number of rotatable bonds is 4. The van der Waals surface area contributed by atoms with Gasteiger partial charge in [0.15, 0.2) is 0 Å². The molecule has 1 saturated heterocycles. The molecule has 0 amide bonds. The van der Waals surface area contributed by atoms with E-state index in [0.717, 1.165) is 6.07 Å². The molecule has 0 aliphatic carbocycles. The third kappa shape index (κ3) is 3.42. The second kappa shape index (κ2) is 6.39. The average molecular weight is 316 g/mol. The summed E-state index contributed by atoms with van der Waals surface area (Å²) in [5, 5.41) is 8.95. The maximum absolute atomic E-state index is 14.0. The molecular formula is C14H21FN2O3S. The SMILES string of the molecule is CC(C)N1CCN(S(=O)(=O)c2ccc(CO)cc2F)CC1. The number of nitrogens with zero attached hydrogens (tertiary/aromatic N) is 2. The smallest absolute Gasteiger partial charge is 0.246 e. The molecule has 0 spiro atoms. The Bertz CT molecular complexity index is 596. The minimum absolute atomic E-state index is 0.315. The number of hydrogen-bond donors (Lipinski definition) is 1. The van der Waals surface area contributed by atoms with Crippen LogP contribution in [0.5, 0.6) is 0 Å². The van der Waals surface area contributed by atoms with Crippen LogP contribution in [0.4, 0.5) is 4.39 Å². The van der Waals surface area contributed by atoms with Crippen molar-refractivity contribution in [1.82, 2.24) is 9.21 Å². The second-order valence-corrected chi connectivity index (χ2v) is 7.36. The van der Waals surface area contributed by atoms with E-state index in [-0.39, 0.29) is 11.5 Å². The van der Waals surface area contributed by atoms with Crippen molar-refractivity contribution in [3.8, 4) is 0 Å². The minimum Gasteiger partial charge on any atom is -0.392 e. The van der Waals surface area contributed by atoms with Gasteiger partial charge in [0.2, 0.25) is 10.0 Å². The zero-order valence-electron chi connectivity index (χ0n) is 12.3. The Morgan fingerprint density at radius 1 is 1.24 bits per heavy atom. The van der Waals surface area contributed by atoms with Gasteiger partial charge in [0.1, 0.15) is 10.7 Å². The van der Waals surface area contributed by atoms with Crippen LogP contribution < -0.4 is 0 Å². The van der Waals surface area contributed by atoms with Crippen LogP contribution in [0.3, 0.4) is 0 Å². The molecule has 7 heteroatoms. The molecule has 1 aromatic carbocycles. The molecule has 1 N–H and O–H groups in total. The van der Waals surface area contributed by atoms with Crippen molar-refractivity contribution in [2.24, 2.45) is 0 Å². The first kappa shape index (κ1) is 16.4. The first-order valence-corrected chi connectivity index (χ1v) is 8.43. The quantitative estimate of drug-likeness (QED) is 0.901. The molecule has 1 aliphatic rings. The van der Waals surface area contributed by atoms with E-state index in [4.69, 9.17) is 5.11 Å². The van der Waals surface area contributed by atoms with Crippen LogP contribution in [0.15, 0.2) is 23.1 Å². The van der Waals surface area contributed by atoms with Crippen molar-refractivity contribution in [3.05, 3.63) is 29.6 Å². The largest absolute Gasteiger partial charge is 0.392 e. The van der Waals surface area contributed by atoms with Gasteiger partial charge in [-0.2, -0.15) is 4.31 Å². The van der Waals surface area contributed by atoms with Crippen LogP contribution in [0.1, 0.15) is 19.4 Å². The van der Waals surface area contributed by atoms with Crippen LogP contribution >= 0.6 is 0 Å². The highest BCUT2D eigenvalue weighted by Crippen LogP contribution is 2.22. The summed E-state index contributed by atoms with van der Waals surface area (Å²) in [5.74, 6) is -0.812. The van der Waals surface area contributed by atoms with Crippen LogP contribution in [0.25, 0.3) is 0 Å². The van der Waals surface area contributed by atoms with Gasteiger partial charge >= 0.3 is 0 Å². The molecule has 1 heterocycles. The molecule has 0 saturated carbocycles. The van der Waals surface area contributed by atoms with Crippen LogP contribution in [-0.4, -0.2) is 55.0 Å². The van der Waals surface area contributed by atoms with Crippen molar-refractivity contribution in [2.45, 2.75) is 31.4 Å². The Morgan fingerprint density at radius 2 is 1.86 bits per heavy atom. The fraction of sp³-hybridized carbons (Fsp3) is 0.571. The van der Waals surface area contributed by atoms with E-state index >= 15 is 0 Å². The minimum atomic E-state index is -3.82. The fourth-order valence-corrected chi connectivity index (χ4v) is 3.92. The normalized spacial score (nSPS) is 18.3. The molecule has 0 aromatic heterocycles. The molecule has 1 aromatic rings. The lowest BCUT2D eigenvalue weighted by molar-refractivity contribution is 0.154. The fourth-order valence-electron chi connectivity index (χ4n) is 2.45. The third-order valence-corrected chi connectivity index (χ3v) is 5.73. The molecule has 1 aliphatic heterocycles. The number of piperazine rings is 1. The molecule has 0 bridgehead atoms. The lowest BCUT2D eigenvalue weighted by Crippen LogP contribution is -2.50. The van der Waals surface area contributed by atoms with Crippen molar-refractivity contribution >= 4 is 10.0 Å². The van der Waals surface area contributed by atoms with Crippen molar-refractivity contribution in [1.29, 1.82) is 0 Å². The summed E-state index contributed by atoms with van der Waals surface area (Å²) in [5.41, 5.74) is 0.357. The van der Waals surface area contributed by atoms with E-state index in [1.54, 1.807) is 0 Å². The number of aliphatic hydroxyl groups excluding tert-OH is 1. The summed E-state index contributed by atoms with van der Waals surface area (Å²) < 4.78 is 40.3. The van der Waals surface area contributed by atoms with E-state index in [1.807, 2.05) is 0 Å². The van der Waals surface area contributed by atoms with Crippen molar-refractivity contribution in [2.75, 3.05) is 26.2 Å². The lowest BCUT2D eigenvalue weighted by atomic mass is 10.2. The van der Waals surface area contributed by atoms with E-state index in [1.165, 1.54) is 16.4 Å². The van der Waals surface area contributed by atoms with Gasteiger partial charge in [-0.05, 0) is 31.5 Å². The second-order valence-electron chi connectivity index (χ2n) is 5.46. The zero-order chi connectivity index (χ0) is 15.6. The summed E-state index contributed by atoms with van der Waals surface area (Å²) in [4.78, 5) is 1.87. The lowest BCUT2D eigenvalue weighted by Gasteiger charge is -2.36. The molecule has 0 radical (unpaired) electrons. The summed E-state index contributed by atoms with van der Waals surface area (Å²) in [7, 11) is -3.82. The van der Waals surface area contributed by atoms with Gasteiger partial charge < -0.3 is 5.11 Å². The van der Waals surface area contributed by atoms with Gasteiger partial charge in [0.05, 0.1) is 6.61 Å². The maximum atomic E-state index is 14.0. The number of hydrogen-bond acceptors (Lipinski definition) is 4. The zero-order valence-corrected chi connectivity index (χ0v) is 13.1. The van der Waals surface area contributed by atoms with E-state index in [0.29, 0.717) is 37.8 Å². The Kier molecular flexibility index (Phi) is 4.98. The molecule has 21 heavy (non-hydrogen) atoms. The Labute approximate surface area is 125 Å². The van der Waals surface area contributed by atoms with Crippen molar-refractivity contribution in [3.63, 3.8) is 0 Å². The monoisotopic (exact) mass is 316 g/mol. The molecule has 118 valence electrons. The van der Waals surface area contributed by atoms with Gasteiger partial charge in [0.25, 0.3) is 0 Å². The summed E-state index contributed by atoms with van der Waals surface area (Å²) in [6, 6.07) is 4.10. The Hall–Kier alpha value is -1.02.